The molecular weight excluding hydrogens is 553 g/mol. The molecule has 0 aliphatic heterocycles. The fourth-order valence-electron chi connectivity index (χ4n) is 5.69. The van der Waals surface area contributed by atoms with E-state index in [2.05, 4.69) is 36.4 Å². The third-order valence-corrected chi connectivity index (χ3v) is 7.66. The van der Waals surface area contributed by atoms with Crippen LogP contribution in [0.15, 0.2) is 152 Å². The number of pyridine rings is 1. The summed E-state index contributed by atoms with van der Waals surface area (Å²) in [6.07, 6.45) is 1.76. The molecule has 6 aromatic carbocycles. The second-order valence-corrected chi connectivity index (χ2v) is 10.5. The first-order valence-corrected chi connectivity index (χ1v) is 14.2. The van der Waals surface area contributed by atoms with Gasteiger partial charge in [-0.2, -0.15) is 0 Å². The number of aromatic nitrogens is 1. The molecule has 0 amide bonds. The third kappa shape index (κ3) is 5.20. The maximum atomic E-state index is 14.5. The molecule has 0 aliphatic rings. The zero-order chi connectivity index (χ0) is 30.0. The lowest BCUT2D eigenvalue weighted by molar-refractivity contribution is 0.584. The van der Waals surface area contributed by atoms with Gasteiger partial charge in [0.05, 0.1) is 16.9 Å². The SMILES string of the molecule is Fc1ccc(N(c2ccccc2-c2cc(F)cc(F)c2)c2ccnc3c(-c4ccccc4)cc(-c4ccccc4)cc23)cc1. The van der Waals surface area contributed by atoms with Crippen molar-refractivity contribution in [2.75, 3.05) is 4.90 Å². The first kappa shape index (κ1) is 27.2. The molecule has 0 bridgehead atoms. The van der Waals surface area contributed by atoms with Crippen molar-refractivity contribution in [2.45, 2.75) is 0 Å². The van der Waals surface area contributed by atoms with Gasteiger partial charge in [-0.25, -0.2) is 13.2 Å². The smallest absolute Gasteiger partial charge is 0.126 e. The summed E-state index contributed by atoms with van der Waals surface area (Å²) in [6.45, 7) is 0. The fourth-order valence-corrected chi connectivity index (χ4v) is 5.69. The van der Waals surface area contributed by atoms with E-state index in [0.717, 1.165) is 44.9 Å². The number of para-hydroxylation sites is 1. The fraction of sp³-hybridized carbons (Fsp3) is 0. The summed E-state index contributed by atoms with van der Waals surface area (Å²) in [4.78, 5) is 6.85. The average molecular weight is 579 g/mol. The molecule has 212 valence electrons. The van der Waals surface area contributed by atoms with Crippen LogP contribution in [-0.2, 0) is 0 Å². The predicted octanol–water partition coefficient (Wildman–Crippen LogP) is 11.1. The minimum absolute atomic E-state index is 0.369. The zero-order valence-corrected chi connectivity index (χ0v) is 23.5. The summed E-state index contributed by atoms with van der Waals surface area (Å²) in [5, 5.41) is 0.859. The standard InChI is InChI=1S/C39H25F3N2/c40-30-15-17-33(18-16-30)44(37-14-8-7-13-34(37)29-21-31(41)25-32(42)22-29)38-19-20-43-39-35(27-11-5-2-6-12-27)23-28(24-36(38)39)26-9-3-1-4-10-26/h1-25H. The van der Waals surface area contributed by atoms with Gasteiger partial charge in [0, 0.05) is 34.5 Å². The van der Waals surface area contributed by atoms with E-state index in [9.17, 15) is 13.2 Å². The lowest BCUT2D eigenvalue weighted by atomic mass is 9.94. The van der Waals surface area contributed by atoms with Crippen molar-refractivity contribution in [1.82, 2.24) is 4.98 Å². The number of hydrogen-bond acceptors (Lipinski definition) is 2. The normalized spacial score (nSPS) is 11.1. The minimum Gasteiger partial charge on any atom is -0.309 e. The van der Waals surface area contributed by atoms with Crippen LogP contribution in [0.25, 0.3) is 44.3 Å². The molecule has 0 spiro atoms. The van der Waals surface area contributed by atoms with Gasteiger partial charge in [0.15, 0.2) is 0 Å². The molecule has 0 fully saturated rings. The number of nitrogens with zero attached hydrogens (tertiary/aromatic N) is 2. The molecule has 7 aromatic rings. The topological polar surface area (TPSA) is 16.1 Å². The van der Waals surface area contributed by atoms with Crippen molar-refractivity contribution in [2.24, 2.45) is 0 Å². The highest BCUT2D eigenvalue weighted by Crippen LogP contribution is 2.45. The monoisotopic (exact) mass is 578 g/mol. The highest BCUT2D eigenvalue weighted by atomic mass is 19.1. The van der Waals surface area contributed by atoms with Crippen molar-refractivity contribution in [3.63, 3.8) is 0 Å². The van der Waals surface area contributed by atoms with Gasteiger partial charge in [-0.3, -0.25) is 4.98 Å². The van der Waals surface area contributed by atoms with Crippen LogP contribution in [0.2, 0.25) is 0 Å². The highest BCUT2D eigenvalue weighted by Gasteiger charge is 2.22. The van der Waals surface area contributed by atoms with Gasteiger partial charge in [0.2, 0.25) is 0 Å². The number of benzene rings is 6. The first-order valence-electron chi connectivity index (χ1n) is 14.2. The van der Waals surface area contributed by atoms with Gasteiger partial charge in [-0.05, 0) is 82.9 Å². The summed E-state index contributed by atoms with van der Waals surface area (Å²) < 4.78 is 43.1. The van der Waals surface area contributed by atoms with Crippen LogP contribution in [0.1, 0.15) is 0 Å². The Bertz CT molecular complexity index is 2070. The van der Waals surface area contributed by atoms with Crippen LogP contribution in [0.5, 0.6) is 0 Å². The van der Waals surface area contributed by atoms with E-state index in [4.69, 9.17) is 4.98 Å². The summed E-state index contributed by atoms with van der Waals surface area (Å²) in [7, 11) is 0. The Morgan fingerprint density at radius 3 is 1.77 bits per heavy atom. The summed E-state index contributed by atoms with van der Waals surface area (Å²) >= 11 is 0. The molecule has 0 aliphatic carbocycles. The summed E-state index contributed by atoms with van der Waals surface area (Å²) in [5.41, 5.74) is 7.94. The number of hydrogen-bond donors (Lipinski definition) is 0. The van der Waals surface area contributed by atoms with Gasteiger partial charge in [-0.1, -0.05) is 78.9 Å². The molecule has 44 heavy (non-hydrogen) atoms. The second kappa shape index (κ2) is 11.5. The summed E-state index contributed by atoms with van der Waals surface area (Å²) in [5.74, 6) is -1.71. The van der Waals surface area contributed by atoms with Gasteiger partial charge >= 0.3 is 0 Å². The van der Waals surface area contributed by atoms with E-state index in [1.54, 1.807) is 18.3 Å². The van der Waals surface area contributed by atoms with Crippen molar-refractivity contribution in [1.29, 1.82) is 0 Å². The average Bonchev–Trinajstić information content (AvgIpc) is 3.06. The maximum absolute atomic E-state index is 14.5. The van der Waals surface area contributed by atoms with Crippen molar-refractivity contribution >= 4 is 28.0 Å². The Balaban J connectivity index is 1.55. The number of anilines is 3. The highest BCUT2D eigenvalue weighted by molar-refractivity contribution is 6.06. The largest absolute Gasteiger partial charge is 0.309 e. The molecule has 1 heterocycles. The van der Waals surface area contributed by atoms with E-state index in [1.807, 2.05) is 71.6 Å². The van der Waals surface area contributed by atoms with Crippen LogP contribution in [0, 0.1) is 17.5 Å². The molecule has 0 saturated heterocycles. The van der Waals surface area contributed by atoms with Gasteiger partial charge in [0.1, 0.15) is 17.5 Å². The Kier molecular flexibility index (Phi) is 7.13. The van der Waals surface area contributed by atoms with Crippen LogP contribution >= 0.6 is 0 Å². The van der Waals surface area contributed by atoms with Gasteiger partial charge in [0.25, 0.3) is 0 Å². The number of halogens is 3. The molecule has 7 rings (SSSR count). The Hall–Kier alpha value is -5.68. The van der Waals surface area contributed by atoms with E-state index >= 15 is 0 Å². The van der Waals surface area contributed by atoms with E-state index < -0.39 is 11.6 Å². The minimum atomic E-state index is -0.669. The van der Waals surface area contributed by atoms with Crippen molar-refractivity contribution < 1.29 is 13.2 Å². The molecule has 0 unspecified atom stereocenters. The lowest BCUT2D eigenvalue weighted by Crippen LogP contribution is -2.12. The molecule has 1 aromatic heterocycles. The Morgan fingerprint density at radius 2 is 1.07 bits per heavy atom. The maximum Gasteiger partial charge on any atom is 0.126 e. The van der Waals surface area contributed by atoms with Crippen LogP contribution in [0.3, 0.4) is 0 Å². The first-order chi connectivity index (χ1) is 21.5. The molecule has 0 atom stereocenters. The second-order valence-electron chi connectivity index (χ2n) is 10.5. The van der Waals surface area contributed by atoms with Crippen molar-refractivity contribution in [3.8, 4) is 33.4 Å². The molecule has 5 heteroatoms. The van der Waals surface area contributed by atoms with Crippen molar-refractivity contribution in [3.05, 3.63) is 169 Å². The zero-order valence-electron chi connectivity index (χ0n) is 23.5. The van der Waals surface area contributed by atoms with E-state index in [1.165, 1.54) is 24.3 Å². The molecular formula is C39H25F3N2. The Morgan fingerprint density at radius 1 is 0.432 bits per heavy atom. The van der Waals surface area contributed by atoms with Gasteiger partial charge < -0.3 is 4.90 Å². The molecule has 0 radical (unpaired) electrons. The quantitative estimate of drug-likeness (QED) is 0.195. The van der Waals surface area contributed by atoms with Crippen LogP contribution < -0.4 is 4.90 Å². The third-order valence-electron chi connectivity index (χ3n) is 7.66. The van der Waals surface area contributed by atoms with Crippen LogP contribution in [-0.4, -0.2) is 4.98 Å². The number of rotatable bonds is 6. The predicted molar refractivity (Wildman–Crippen MR) is 173 cm³/mol. The molecule has 0 N–H and O–H groups in total. The lowest BCUT2D eigenvalue weighted by Gasteiger charge is -2.29. The summed E-state index contributed by atoms with van der Waals surface area (Å²) in [6, 6.07) is 43.5. The van der Waals surface area contributed by atoms with Crippen LogP contribution in [0.4, 0.5) is 30.2 Å². The molecule has 2 nitrogen and oxygen atoms in total. The number of fused-ring (bicyclic) bond motifs is 1. The molecule has 0 saturated carbocycles. The van der Waals surface area contributed by atoms with E-state index in [-0.39, 0.29) is 5.82 Å². The van der Waals surface area contributed by atoms with E-state index in [0.29, 0.717) is 22.5 Å². The van der Waals surface area contributed by atoms with Gasteiger partial charge in [-0.15, -0.1) is 0 Å². The Labute approximate surface area is 253 Å².